The van der Waals surface area contributed by atoms with Crippen LogP contribution in [0.3, 0.4) is 0 Å². The Morgan fingerprint density at radius 2 is 2.24 bits per heavy atom. The minimum absolute atomic E-state index is 0.229. The molecule has 4 atom stereocenters. The largest absolute Gasteiger partial charge is 0.394 e. The van der Waals surface area contributed by atoms with E-state index in [0.29, 0.717) is 4.64 Å². The van der Waals surface area contributed by atoms with Gasteiger partial charge in [0.25, 0.3) is 0 Å². The van der Waals surface area contributed by atoms with Crippen LogP contribution in [0.15, 0.2) is 12.3 Å². The molecule has 94 valence electrons. The SMILES string of the molecule is OC[C@H]1O[C@@H](n2ccc(=S)[nH]c2=S)C(O)[C@H]1F. The van der Waals surface area contributed by atoms with Crippen molar-refractivity contribution in [1.29, 1.82) is 0 Å². The van der Waals surface area contributed by atoms with Crippen molar-refractivity contribution in [3.05, 3.63) is 21.7 Å². The first-order valence-corrected chi connectivity index (χ1v) is 5.76. The molecule has 0 radical (unpaired) electrons. The molecule has 1 aliphatic rings. The van der Waals surface area contributed by atoms with Crippen LogP contribution in [0.25, 0.3) is 0 Å². The van der Waals surface area contributed by atoms with Crippen molar-refractivity contribution in [1.82, 2.24) is 9.55 Å². The molecule has 1 aromatic rings. The van der Waals surface area contributed by atoms with Gasteiger partial charge in [-0.05, 0) is 18.3 Å². The summed E-state index contributed by atoms with van der Waals surface area (Å²) in [6.07, 6.45) is -3.50. The van der Waals surface area contributed by atoms with Gasteiger partial charge in [0, 0.05) is 6.20 Å². The van der Waals surface area contributed by atoms with Gasteiger partial charge in [-0.3, -0.25) is 4.57 Å². The maximum atomic E-state index is 13.5. The highest BCUT2D eigenvalue weighted by atomic mass is 32.1. The van der Waals surface area contributed by atoms with Gasteiger partial charge >= 0.3 is 0 Å². The molecule has 0 bridgehead atoms. The number of hydrogen-bond donors (Lipinski definition) is 3. The molecular weight excluding hydrogens is 267 g/mol. The zero-order valence-electron chi connectivity index (χ0n) is 8.62. The predicted molar refractivity (Wildman–Crippen MR) is 62.3 cm³/mol. The lowest BCUT2D eigenvalue weighted by Crippen LogP contribution is -2.29. The Labute approximate surface area is 106 Å². The van der Waals surface area contributed by atoms with Gasteiger partial charge in [0.2, 0.25) is 0 Å². The number of hydrogen-bond acceptors (Lipinski definition) is 5. The molecular formula is C9H11FN2O3S2. The number of aliphatic hydroxyl groups excluding tert-OH is 2. The molecule has 2 heterocycles. The van der Waals surface area contributed by atoms with E-state index in [1.165, 1.54) is 10.8 Å². The van der Waals surface area contributed by atoms with Crippen molar-refractivity contribution in [3.8, 4) is 0 Å². The average molecular weight is 278 g/mol. The maximum Gasteiger partial charge on any atom is 0.180 e. The fourth-order valence-electron chi connectivity index (χ4n) is 1.71. The van der Waals surface area contributed by atoms with E-state index >= 15 is 0 Å². The first-order chi connectivity index (χ1) is 8.04. The quantitative estimate of drug-likeness (QED) is 0.700. The molecule has 0 aromatic carbocycles. The van der Waals surface area contributed by atoms with Crippen molar-refractivity contribution in [2.24, 2.45) is 0 Å². The lowest BCUT2D eigenvalue weighted by Gasteiger charge is -2.17. The summed E-state index contributed by atoms with van der Waals surface area (Å²) >= 11 is 9.89. The van der Waals surface area contributed by atoms with Crippen molar-refractivity contribution in [3.63, 3.8) is 0 Å². The Morgan fingerprint density at radius 1 is 1.53 bits per heavy atom. The van der Waals surface area contributed by atoms with Gasteiger partial charge in [-0.1, -0.05) is 12.2 Å². The second kappa shape index (κ2) is 4.91. The van der Waals surface area contributed by atoms with Gasteiger partial charge in [-0.25, -0.2) is 4.39 Å². The molecule has 1 aliphatic heterocycles. The van der Waals surface area contributed by atoms with Crippen LogP contribution < -0.4 is 0 Å². The van der Waals surface area contributed by atoms with Crippen molar-refractivity contribution < 1.29 is 19.3 Å². The third-order valence-corrected chi connectivity index (χ3v) is 3.14. The fourth-order valence-corrected chi connectivity index (χ4v) is 2.21. The number of aromatic nitrogens is 2. The number of alkyl halides is 1. The first kappa shape index (κ1) is 12.8. The van der Waals surface area contributed by atoms with Gasteiger partial charge in [0.1, 0.15) is 16.8 Å². The number of halogens is 1. The normalized spacial score (nSPS) is 32.9. The van der Waals surface area contributed by atoms with Crippen LogP contribution in [0.4, 0.5) is 4.39 Å². The fraction of sp³-hybridized carbons (Fsp3) is 0.556. The van der Waals surface area contributed by atoms with E-state index in [2.05, 4.69) is 4.98 Å². The number of aromatic amines is 1. The number of nitrogens with one attached hydrogen (secondary N) is 1. The molecule has 3 N–H and O–H groups in total. The lowest BCUT2D eigenvalue weighted by atomic mass is 10.1. The van der Waals surface area contributed by atoms with Gasteiger partial charge in [0.05, 0.1) is 6.61 Å². The molecule has 0 amide bonds. The third kappa shape index (κ3) is 2.31. The molecule has 1 unspecified atom stereocenters. The van der Waals surface area contributed by atoms with E-state index < -0.39 is 31.2 Å². The summed E-state index contributed by atoms with van der Waals surface area (Å²) in [6.45, 7) is -0.495. The summed E-state index contributed by atoms with van der Waals surface area (Å²) in [5.41, 5.74) is 0. The van der Waals surface area contributed by atoms with Gasteiger partial charge < -0.3 is 19.9 Å². The van der Waals surface area contributed by atoms with E-state index in [1.807, 2.05) is 0 Å². The summed E-state index contributed by atoms with van der Waals surface area (Å²) in [5, 5.41) is 18.6. The van der Waals surface area contributed by atoms with Crippen LogP contribution in [0, 0.1) is 9.41 Å². The highest BCUT2D eigenvalue weighted by molar-refractivity contribution is 7.72. The van der Waals surface area contributed by atoms with E-state index in [1.54, 1.807) is 6.07 Å². The molecule has 0 spiro atoms. The van der Waals surface area contributed by atoms with Crippen LogP contribution in [0.2, 0.25) is 0 Å². The molecule has 8 heteroatoms. The number of rotatable bonds is 2. The van der Waals surface area contributed by atoms with Gasteiger partial charge in [-0.15, -0.1) is 0 Å². The van der Waals surface area contributed by atoms with Crippen LogP contribution in [-0.2, 0) is 4.74 Å². The topological polar surface area (TPSA) is 70.4 Å². The smallest absolute Gasteiger partial charge is 0.180 e. The molecule has 2 rings (SSSR count). The lowest BCUT2D eigenvalue weighted by molar-refractivity contribution is -0.0528. The summed E-state index contributed by atoms with van der Waals surface area (Å²) in [6, 6.07) is 1.56. The minimum Gasteiger partial charge on any atom is -0.394 e. The first-order valence-electron chi connectivity index (χ1n) is 4.94. The highest BCUT2D eigenvalue weighted by Crippen LogP contribution is 2.31. The molecule has 1 aromatic heterocycles. The monoisotopic (exact) mass is 278 g/mol. The van der Waals surface area contributed by atoms with E-state index in [9.17, 15) is 9.50 Å². The summed E-state index contributed by atoms with van der Waals surface area (Å²) in [7, 11) is 0. The zero-order valence-corrected chi connectivity index (χ0v) is 10.2. The number of aliphatic hydroxyl groups is 2. The van der Waals surface area contributed by atoms with E-state index in [4.69, 9.17) is 34.3 Å². The molecule has 5 nitrogen and oxygen atoms in total. The Balaban J connectivity index is 2.35. The molecule has 1 saturated heterocycles. The summed E-state index contributed by atoms with van der Waals surface area (Å²) in [4.78, 5) is 2.70. The van der Waals surface area contributed by atoms with Crippen molar-refractivity contribution >= 4 is 24.4 Å². The Kier molecular flexibility index (Phi) is 3.69. The molecule has 0 saturated carbocycles. The molecule has 0 aliphatic carbocycles. The van der Waals surface area contributed by atoms with Crippen LogP contribution in [0.5, 0.6) is 0 Å². The second-order valence-corrected chi connectivity index (χ2v) is 4.53. The zero-order chi connectivity index (χ0) is 12.6. The average Bonchev–Trinajstić information content (AvgIpc) is 2.57. The number of nitrogens with zero attached hydrogens (tertiary/aromatic N) is 1. The van der Waals surface area contributed by atoms with Crippen LogP contribution >= 0.6 is 24.4 Å². The molecule has 17 heavy (non-hydrogen) atoms. The predicted octanol–water partition coefficient (Wildman–Crippen LogP) is 0.864. The standard InChI is InChI=1S/C9H11FN2O3S2/c10-6-4(3-13)15-8(7(6)14)12-2-1-5(16)11-9(12)17/h1-2,4,6-8,13-14H,3H2,(H,11,16,17)/t4-,6+,7?,8-/m1/s1. The summed E-state index contributed by atoms with van der Waals surface area (Å²) in [5.74, 6) is 0. The van der Waals surface area contributed by atoms with Crippen molar-refractivity contribution in [2.75, 3.05) is 6.61 Å². The minimum atomic E-state index is -1.64. The Morgan fingerprint density at radius 3 is 2.76 bits per heavy atom. The number of ether oxygens (including phenoxy) is 1. The number of H-pyrrole nitrogens is 1. The Hall–Kier alpha value is -0.670. The van der Waals surface area contributed by atoms with Gasteiger partial charge in [0.15, 0.2) is 17.2 Å². The van der Waals surface area contributed by atoms with Crippen LogP contribution in [-0.4, -0.2) is 44.8 Å². The van der Waals surface area contributed by atoms with Crippen molar-refractivity contribution in [2.45, 2.75) is 24.6 Å². The van der Waals surface area contributed by atoms with E-state index in [-0.39, 0.29) is 4.77 Å². The maximum absolute atomic E-state index is 13.5. The van der Waals surface area contributed by atoms with Gasteiger partial charge in [-0.2, -0.15) is 0 Å². The van der Waals surface area contributed by atoms with E-state index in [0.717, 1.165) is 0 Å². The Bertz CT molecular complexity index is 517. The third-order valence-electron chi connectivity index (χ3n) is 2.59. The highest BCUT2D eigenvalue weighted by Gasteiger charge is 2.44. The molecule has 1 fully saturated rings. The second-order valence-electron chi connectivity index (χ2n) is 3.70. The van der Waals surface area contributed by atoms with Crippen LogP contribution in [0.1, 0.15) is 6.23 Å². The summed E-state index contributed by atoms with van der Waals surface area (Å²) < 4.78 is 20.8.